The van der Waals surface area contributed by atoms with Crippen LogP contribution in [0.15, 0.2) is 48.5 Å². The predicted molar refractivity (Wildman–Crippen MR) is 92.9 cm³/mol. The first-order valence-corrected chi connectivity index (χ1v) is 8.14. The highest BCUT2D eigenvalue weighted by molar-refractivity contribution is 5.80. The number of methoxy groups -OCH3 is 1. The fraction of sp³-hybridized carbons (Fsp3) is 0.316. The lowest BCUT2D eigenvalue weighted by atomic mass is 10.2. The highest BCUT2D eigenvalue weighted by Gasteiger charge is 2.28. The van der Waals surface area contributed by atoms with E-state index in [9.17, 15) is 18.0 Å². The van der Waals surface area contributed by atoms with Crippen LogP contribution in [0.3, 0.4) is 0 Å². The minimum Gasteiger partial charge on any atom is -0.497 e. The molecular weight excluding hydrogens is 363 g/mol. The van der Waals surface area contributed by atoms with Crippen LogP contribution in [0.5, 0.6) is 17.2 Å². The molecule has 146 valence electrons. The first-order valence-electron chi connectivity index (χ1n) is 8.14. The van der Waals surface area contributed by atoms with Crippen molar-refractivity contribution in [3.63, 3.8) is 0 Å². The molecule has 5 nitrogen and oxygen atoms in total. The summed E-state index contributed by atoms with van der Waals surface area (Å²) in [6, 6.07) is 12.9. The van der Waals surface area contributed by atoms with Gasteiger partial charge in [0.05, 0.1) is 7.11 Å². The van der Waals surface area contributed by atoms with E-state index in [-0.39, 0.29) is 18.2 Å². The molecule has 2 aromatic carbocycles. The summed E-state index contributed by atoms with van der Waals surface area (Å²) < 4.78 is 51.9. The Kier molecular flexibility index (Phi) is 6.92. The number of carbonyl (C=O) groups is 1. The third-order valence-electron chi connectivity index (χ3n) is 3.51. The highest BCUT2D eigenvalue weighted by atomic mass is 19.4. The van der Waals surface area contributed by atoms with Crippen LogP contribution >= 0.6 is 0 Å². The minimum absolute atomic E-state index is 0.0848. The SMILES string of the molecule is COc1ccc(OC(C)C(=O)NCc2cccc(OCC(F)(F)F)c2)cc1. The summed E-state index contributed by atoms with van der Waals surface area (Å²) >= 11 is 0. The first kappa shape index (κ1) is 20.4. The van der Waals surface area contributed by atoms with Gasteiger partial charge in [0, 0.05) is 6.54 Å². The number of alkyl halides is 3. The van der Waals surface area contributed by atoms with Gasteiger partial charge in [-0.3, -0.25) is 4.79 Å². The number of amides is 1. The van der Waals surface area contributed by atoms with Gasteiger partial charge in [0.1, 0.15) is 17.2 Å². The van der Waals surface area contributed by atoms with Crippen LogP contribution in [0.2, 0.25) is 0 Å². The zero-order valence-corrected chi connectivity index (χ0v) is 14.9. The van der Waals surface area contributed by atoms with Crippen LogP contribution in [0.25, 0.3) is 0 Å². The monoisotopic (exact) mass is 383 g/mol. The smallest absolute Gasteiger partial charge is 0.422 e. The molecule has 0 bridgehead atoms. The summed E-state index contributed by atoms with van der Waals surface area (Å²) in [5.41, 5.74) is 0.611. The highest BCUT2D eigenvalue weighted by Crippen LogP contribution is 2.20. The molecule has 0 aliphatic heterocycles. The van der Waals surface area contributed by atoms with Gasteiger partial charge < -0.3 is 19.5 Å². The van der Waals surface area contributed by atoms with Gasteiger partial charge >= 0.3 is 6.18 Å². The second-order valence-corrected chi connectivity index (χ2v) is 5.70. The molecule has 1 atom stereocenters. The van der Waals surface area contributed by atoms with Gasteiger partial charge in [-0.15, -0.1) is 0 Å². The number of rotatable bonds is 8. The number of hydrogen-bond acceptors (Lipinski definition) is 4. The minimum atomic E-state index is -4.40. The van der Waals surface area contributed by atoms with E-state index in [1.54, 1.807) is 50.4 Å². The van der Waals surface area contributed by atoms with Crippen molar-refractivity contribution < 1.29 is 32.2 Å². The van der Waals surface area contributed by atoms with Crippen molar-refractivity contribution in [1.82, 2.24) is 5.32 Å². The van der Waals surface area contributed by atoms with Gasteiger partial charge in [0.25, 0.3) is 5.91 Å². The molecule has 2 aromatic rings. The van der Waals surface area contributed by atoms with Gasteiger partial charge in [0.2, 0.25) is 0 Å². The van der Waals surface area contributed by atoms with E-state index in [1.165, 1.54) is 12.1 Å². The van der Waals surface area contributed by atoms with Crippen LogP contribution in [0.4, 0.5) is 13.2 Å². The molecule has 0 heterocycles. The summed E-state index contributed by atoms with van der Waals surface area (Å²) in [7, 11) is 1.55. The summed E-state index contributed by atoms with van der Waals surface area (Å²) in [5, 5.41) is 2.67. The largest absolute Gasteiger partial charge is 0.497 e. The van der Waals surface area contributed by atoms with E-state index in [0.29, 0.717) is 17.1 Å². The van der Waals surface area contributed by atoms with Crippen LogP contribution in [-0.2, 0) is 11.3 Å². The second-order valence-electron chi connectivity index (χ2n) is 5.70. The zero-order chi connectivity index (χ0) is 19.9. The van der Waals surface area contributed by atoms with Crippen LogP contribution < -0.4 is 19.5 Å². The van der Waals surface area contributed by atoms with E-state index in [1.807, 2.05) is 0 Å². The molecule has 8 heteroatoms. The molecule has 1 unspecified atom stereocenters. The molecule has 27 heavy (non-hydrogen) atoms. The number of hydrogen-bond donors (Lipinski definition) is 1. The van der Waals surface area contributed by atoms with Gasteiger partial charge in [-0.1, -0.05) is 12.1 Å². The van der Waals surface area contributed by atoms with Crippen molar-refractivity contribution >= 4 is 5.91 Å². The standard InChI is InChI=1S/C19H20F3NO4/c1-13(27-16-8-6-15(25-2)7-9-16)18(24)23-11-14-4-3-5-17(10-14)26-12-19(20,21)22/h3-10,13H,11-12H2,1-2H3,(H,23,24). The van der Waals surface area contributed by atoms with E-state index < -0.39 is 18.9 Å². The number of carbonyl (C=O) groups excluding carboxylic acids is 1. The summed E-state index contributed by atoms with van der Waals surface area (Å²) in [4.78, 5) is 12.1. The molecule has 0 aliphatic carbocycles. The third-order valence-corrected chi connectivity index (χ3v) is 3.51. The van der Waals surface area contributed by atoms with Gasteiger partial charge in [0.15, 0.2) is 12.7 Å². The number of nitrogens with one attached hydrogen (secondary N) is 1. The van der Waals surface area contributed by atoms with Crippen molar-refractivity contribution in [2.75, 3.05) is 13.7 Å². The Balaban J connectivity index is 1.85. The average Bonchev–Trinajstić information content (AvgIpc) is 2.65. The molecule has 1 amide bonds. The number of halogens is 3. The summed E-state index contributed by atoms with van der Waals surface area (Å²) in [5.74, 6) is 0.919. The number of benzene rings is 2. The van der Waals surface area contributed by atoms with E-state index >= 15 is 0 Å². The molecular formula is C19H20F3NO4. The Morgan fingerprint density at radius 2 is 1.74 bits per heavy atom. The lowest BCUT2D eigenvalue weighted by Crippen LogP contribution is -2.35. The van der Waals surface area contributed by atoms with E-state index in [0.717, 1.165) is 0 Å². The van der Waals surface area contributed by atoms with Gasteiger partial charge in [-0.2, -0.15) is 13.2 Å². The second kappa shape index (κ2) is 9.16. The average molecular weight is 383 g/mol. The fourth-order valence-electron chi connectivity index (χ4n) is 2.16. The van der Waals surface area contributed by atoms with Crippen molar-refractivity contribution in [3.8, 4) is 17.2 Å². The molecule has 1 N–H and O–H groups in total. The Bertz CT molecular complexity index is 747. The van der Waals surface area contributed by atoms with E-state index in [2.05, 4.69) is 5.32 Å². The Morgan fingerprint density at radius 3 is 2.37 bits per heavy atom. The van der Waals surface area contributed by atoms with Crippen LogP contribution in [0, 0.1) is 0 Å². The quantitative estimate of drug-likeness (QED) is 0.755. The molecule has 0 saturated heterocycles. The Labute approximate surface area is 155 Å². The molecule has 0 fully saturated rings. The first-order chi connectivity index (χ1) is 12.8. The Hall–Kier alpha value is -2.90. The lowest BCUT2D eigenvalue weighted by molar-refractivity contribution is -0.153. The van der Waals surface area contributed by atoms with Crippen LogP contribution in [0.1, 0.15) is 12.5 Å². The van der Waals surface area contributed by atoms with Crippen LogP contribution in [-0.4, -0.2) is 31.9 Å². The molecule has 0 spiro atoms. The molecule has 2 rings (SSSR count). The predicted octanol–water partition coefficient (Wildman–Crippen LogP) is 3.72. The maximum atomic E-state index is 12.2. The normalized spacial score (nSPS) is 12.2. The Morgan fingerprint density at radius 1 is 1.07 bits per heavy atom. The van der Waals surface area contributed by atoms with Gasteiger partial charge in [-0.25, -0.2) is 0 Å². The third kappa shape index (κ3) is 7.08. The fourth-order valence-corrected chi connectivity index (χ4v) is 2.16. The zero-order valence-electron chi connectivity index (χ0n) is 14.9. The topological polar surface area (TPSA) is 56.8 Å². The number of ether oxygens (including phenoxy) is 3. The maximum absolute atomic E-state index is 12.2. The van der Waals surface area contributed by atoms with Crippen molar-refractivity contribution in [2.45, 2.75) is 25.7 Å². The van der Waals surface area contributed by atoms with E-state index in [4.69, 9.17) is 14.2 Å². The summed E-state index contributed by atoms with van der Waals surface area (Å²) in [6.07, 6.45) is -5.15. The van der Waals surface area contributed by atoms with Crippen molar-refractivity contribution in [3.05, 3.63) is 54.1 Å². The molecule has 0 saturated carbocycles. The maximum Gasteiger partial charge on any atom is 0.422 e. The molecule has 0 aromatic heterocycles. The molecule has 0 aliphatic rings. The van der Waals surface area contributed by atoms with Crippen molar-refractivity contribution in [1.29, 1.82) is 0 Å². The molecule has 0 radical (unpaired) electrons. The lowest BCUT2D eigenvalue weighted by Gasteiger charge is -2.15. The summed E-state index contributed by atoms with van der Waals surface area (Å²) in [6.45, 7) is 0.371. The van der Waals surface area contributed by atoms with Crippen molar-refractivity contribution in [2.24, 2.45) is 0 Å². The van der Waals surface area contributed by atoms with Gasteiger partial charge in [-0.05, 0) is 48.9 Å².